The van der Waals surface area contributed by atoms with Crippen molar-refractivity contribution in [2.75, 3.05) is 13.2 Å². The highest BCUT2D eigenvalue weighted by molar-refractivity contribution is 14.1. The zero-order valence-corrected chi connectivity index (χ0v) is 14.1. The second-order valence-corrected chi connectivity index (χ2v) is 5.96. The minimum Gasteiger partial charge on any atom is -0.474 e. The van der Waals surface area contributed by atoms with Crippen molar-refractivity contribution in [3.8, 4) is 5.88 Å². The molecule has 1 aliphatic heterocycles. The van der Waals surface area contributed by atoms with Crippen LogP contribution in [-0.4, -0.2) is 35.6 Å². The van der Waals surface area contributed by atoms with Gasteiger partial charge in [0.2, 0.25) is 5.88 Å². The summed E-state index contributed by atoms with van der Waals surface area (Å²) in [4.78, 5) is 8.58. The van der Waals surface area contributed by atoms with Crippen molar-refractivity contribution < 1.29 is 14.2 Å². The number of halogens is 1. The van der Waals surface area contributed by atoms with E-state index in [9.17, 15) is 0 Å². The first kappa shape index (κ1) is 15.9. The van der Waals surface area contributed by atoms with E-state index in [0.717, 1.165) is 35.3 Å². The molecule has 2 heterocycles. The molecular formula is C14H21IN2O3. The Morgan fingerprint density at radius 3 is 3.00 bits per heavy atom. The van der Waals surface area contributed by atoms with E-state index in [2.05, 4.69) is 39.5 Å². The molecule has 112 valence electrons. The molecule has 0 aromatic carbocycles. The summed E-state index contributed by atoms with van der Waals surface area (Å²) in [5.41, 5.74) is 0.806. The lowest BCUT2D eigenvalue weighted by molar-refractivity contribution is -0.193. The fourth-order valence-electron chi connectivity index (χ4n) is 2.04. The van der Waals surface area contributed by atoms with E-state index in [1.54, 1.807) is 6.20 Å². The van der Waals surface area contributed by atoms with Crippen molar-refractivity contribution in [3.63, 3.8) is 0 Å². The van der Waals surface area contributed by atoms with Gasteiger partial charge in [-0.1, -0.05) is 6.92 Å². The Balaban J connectivity index is 1.83. The molecule has 1 aromatic heterocycles. The molecule has 0 aliphatic carbocycles. The summed E-state index contributed by atoms with van der Waals surface area (Å²) < 4.78 is 18.1. The van der Waals surface area contributed by atoms with Gasteiger partial charge >= 0.3 is 0 Å². The molecule has 5 nitrogen and oxygen atoms in total. The van der Waals surface area contributed by atoms with Crippen LogP contribution in [0, 0.1) is 10.6 Å². The maximum atomic E-state index is 5.93. The number of aryl methyl sites for hydroxylation is 1. The van der Waals surface area contributed by atoms with Crippen LogP contribution in [0.5, 0.6) is 5.88 Å². The lowest BCUT2D eigenvalue weighted by Gasteiger charge is -2.27. The van der Waals surface area contributed by atoms with Crippen molar-refractivity contribution in [1.82, 2.24) is 9.97 Å². The van der Waals surface area contributed by atoms with Gasteiger partial charge in [0.25, 0.3) is 0 Å². The van der Waals surface area contributed by atoms with Crippen LogP contribution in [0.25, 0.3) is 0 Å². The van der Waals surface area contributed by atoms with Gasteiger partial charge in [-0.2, -0.15) is 0 Å². The predicted molar refractivity (Wildman–Crippen MR) is 83.7 cm³/mol. The predicted octanol–water partition coefficient (Wildman–Crippen LogP) is 3.09. The molecule has 2 atom stereocenters. The van der Waals surface area contributed by atoms with Crippen LogP contribution in [0.4, 0.5) is 0 Å². The van der Waals surface area contributed by atoms with Gasteiger partial charge in [0, 0.05) is 6.61 Å². The van der Waals surface area contributed by atoms with Crippen LogP contribution in [0.1, 0.15) is 38.3 Å². The van der Waals surface area contributed by atoms with Crippen molar-refractivity contribution in [2.24, 2.45) is 0 Å². The number of ether oxygens (including phenoxy) is 3. The van der Waals surface area contributed by atoms with Crippen LogP contribution in [-0.2, 0) is 9.47 Å². The maximum absolute atomic E-state index is 5.93. The average Bonchev–Trinajstić information content (AvgIpc) is 2.46. The number of hydrogen-bond acceptors (Lipinski definition) is 5. The molecule has 20 heavy (non-hydrogen) atoms. The summed E-state index contributed by atoms with van der Waals surface area (Å²) in [5, 5.41) is 0. The van der Waals surface area contributed by atoms with Crippen LogP contribution < -0.4 is 4.74 Å². The van der Waals surface area contributed by atoms with Crippen molar-refractivity contribution >= 4 is 22.6 Å². The molecule has 1 saturated heterocycles. The molecule has 0 N–H and O–H groups in total. The normalized spacial score (nSPS) is 20.6. The smallest absolute Gasteiger partial charge is 0.235 e. The fraction of sp³-hybridized carbons (Fsp3) is 0.714. The van der Waals surface area contributed by atoms with E-state index in [0.29, 0.717) is 12.5 Å². The third-order valence-corrected chi connectivity index (χ3v) is 3.74. The second-order valence-electron chi connectivity index (χ2n) is 4.86. The maximum Gasteiger partial charge on any atom is 0.235 e. The summed E-state index contributed by atoms with van der Waals surface area (Å²) in [5.74, 6) is 0.581. The van der Waals surface area contributed by atoms with Gasteiger partial charge in [0.05, 0.1) is 12.3 Å². The van der Waals surface area contributed by atoms with Gasteiger partial charge < -0.3 is 14.2 Å². The molecule has 0 radical (unpaired) electrons. The number of aromatic nitrogens is 2. The summed E-state index contributed by atoms with van der Waals surface area (Å²) in [6.45, 7) is 5.26. The van der Waals surface area contributed by atoms with Crippen molar-refractivity contribution in [3.05, 3.63) is 15.6 Å². The zero-order chi connectivity index (χ0) is 14.4. The first-order chi connectivity index (χ1) is 9.69. The highest BCUT2D eigenvalue weighted by atomic mass is 127. The molecule has 6 heteroatoms. The summed E-state index contributed by atoms with van der Waals surface area (Å²) >= 11 is 2.14. The molecule has 1 fully saturated rings. The zero-order valence-electron chi connectivity index (χ0n) is 12.0. The standard InChI is InChI=1S/C14H21IN2O3/c1-3-11(20-13-6-4-5-7-18-13)9-19-14-10(2)17-12(15)8-16-14/h8,11,13H,3-7,9H2,1-2H3. The quantitative estimate of drug-likeness (QED) is 0.697. The van der Waals surface area contributed by atoms with Gasteiger partial charge in [-0.25, -0.2) is 9.97 Å². The van der Waals surface area contributed by atoms with E-state index < -0.39 is 0 Å². The first-order valence-electron chi connectivity index (χ1n) is 7.08. The minimum absolute atomic E-state index is 0.0265. The van der Waals surface area contributed by atoms with Gasteiger partial charge in [-0.05, 0) is 55.2 Å². The number of nitrogens with zero attached hydrogens (tertiary/aromatic N) is 2. The summed E-state index contributed by atoms with van der Waals surface area (Å²) in [7, 11) is 0. The number of hydrogen-bond donors (Lipinski definition) is 0. The van der Waals surface area contributed by atoms with Crippen LogP contribution in [0.2, 0.25) is 0 Å². The van der Waals surface area contributed by atoms with Gasteiger partial charge in [-0.3, -0.25) is 0 Å². The topological polar surface area (TPSA) is 53.5 Å². The molecule has 0 amide bonds. The first-order valence-corrected chi connectivity index (χ1v) is 8.16. The Morgan fingerprint density at radius 1 is 1.50 bits per heavy atom. The van der Waals surface area contributed by atoms with Crippen LogP contribution in [0.3, 0.4) is 0 Å². The van der Waals surface area contributed by atoms with Crippen LogP contribution in [0.15, 0.2) is 6.20 Å². The average molecular weight is 392 g/mol. The molecule has 2 unspecified atom stereocenters. The Hall–Kier alpha value is -0.470. The lowest BCUT2D eigenvalue weighted by Crippen LogP contribution is -2.31. The molecule has 0 bridgehead atoms. The monoisotopic (exact) mass is 392 g/mol. The van der Waals surface area contributed by atoms with E-state index in [1.165, 1.54) is 6.42 Å². The molecule has 1 aliphatic rings. The van der Waals surface area contributed by atoms with Crippen molar-refractivity contribution in [2.45, 2.75) is 51.9 Å². The van der Waals surface area contributed by atoms with E-state index in [4.69, 9.17) is 14.2 Å². The highest BCUT2D eigenvalue weighted by Gasteiger charge is 2.19. The molecular weight excluding hydrogens is 371 g/mol. The van der Waals surface area contributed by atoms with Crippen molar-refractivity contribution in [1.29, 1.82) is 0 Å². The van der Waals surface area contributed by atoms with E-state index in [1.807, 2.05) is 6.92 Å². The van der Waals surface area contributed by atoms with Gasteiger partial charge in [0.15, 0.2) is 6.29 Å². The van der Waals surface area contributed by atoms with Gasteiger partial charge in [-0.15, -0.1) is 0 Å². The Kier molecular flexibility index (Phi) is 6.44. The lowest BCUT2D eigenvalue weighted by atomic mass is 10.2. The third-order valence-electron chi connectivity index (χ3n) is 3.22. The molecule has 1 aromatic rings. The number of rotatable bonds is 6. The van der Waals surface area contributed by atoms with Gasteiger partial charge in [0.1, 0.15) is 16.0 Å². The second kappa shape index (κ2) is 8.09. The largest absolute Gasteiger partial charge is 0.474 e. The molecule has 2 rings (SSSR count). The highest BCUT2D eigenvalue weighted by Crippen LogP contribution is 2.18. The fourth-order valence-corrected chi connectivity index (χ4v) is 2.54. The van der Waals surface area contributed by atoms with E-state index >= 15 is 0 Å². The SMILES string of the molecule is CCC(COc1ncc(I)nc1C)OC1CCCCO1. The Morgan fingerprint density at radius 2 is 2.35 bits per heavy atom. The molecule has 0 spiro atoms. The Bertz CT molecular complexity index is 425. The minimum atomic E-state index is -0.0822. The summed E-state index contributed by atoms with van der Waals surface area (Å²) in [6.07, 6.45) is 5.80. The van der Waals surface area contributed by atoms with Crippen LogP contribution >= 0.6 is 22.6 Å². The van der Waals surface area contributed by atoms with E-state index in [-0.39, 0.29) is 12.4 Å². The molecule has 0 saturated carbocycles. The third kappa shape index (κ3) is 4.82. The Labute approximate surface area is 133 Å². The summed E-state index contributed by atoms with van der Waals surface area (Å²) in [6, 6.07) is 0.